The maximum absolute atomic E-state index is 10.8. The molecule has 0 aromatic rings. The maximum Gasteiger partial charge on any atom is 0.307 e. The molecule has 2 N–H and O–H groups in total. The Bertz CT molecular complexity index is 236. The summed E-state index contributed by atoms with van der Waals surface area (Å²) in [6, 6.07) is -0.130. The fourth-order valence-corrected chi connectivity index (χ4v) is 0.569. The van der Waals surface area contributed by atoms with Crippen LogP contribution in [0.2, 0.25) is 0 Å². The second kappa shape index (κ2) is 7.43. The first-order valence-electron chi connectivity index (χ1n) is 5.72. The number of methoxy groups -OCH3 is 1. The molecule has 0 aromatic carbocycles. The fourth-order valence-electron chi connectivity index (χ4n) is 0.569. The number of carbonyl (C=O) groups excluding carboxylic acids is 2. The highest BCUT2D eigenvalue weighted by atomic mass is 16.5. The van der Waals surface area contributed by atoms with E-state index in [1.54, 1.807) is 0 Å². The number of carbonyl (C=O) groups is 2. The molecule has 0 aliphatic carbocycles. The third-order valence-corrected chi connectivity index (χ3v) is 2.08. The van der Waals surface area contributed by atoms with Crippen molar-refractivity contribution in [3.63, 3.8) is 0 Å². The molecule has 0 aliphatic heterocycles. The second-order valence-electron chi connectivity index (χ2n) is 6.24. The summed E-state index contributed by atoms with van der Waals surface area (Å²) in [5.74, 6) is -0.243. The molecule has 0 fully saturated rings. The highest BCUT2D eigenvalue weighted by Gasteiger charge is 2.23. The summed E-state index contributed by atoms with van der Waals surface area (Å²) in [4.78, 5) is 20.6. The van der Waals surface area contributed by atoms with Crippen molar-refractivity contribution in [2.75, 3.05) is 7.11 Å². The first-order valence-corrected chi connectivity index (χ1v) is 5.72. The first kappa shape index (κ1) is 18.5. The van der Waals surface area contributed by atoms with Crippen LogP contribution in [0.1, 0.15) is 48.0 Å². The van der Waals surface area contributed by atoms with Gasteiger partial charge in [0.15, 0.2) is 0 Å². The van der Waals surface area contributed by atoms with E-state index in [0.29, 0.717) is 6.42 Å². The van der Waals surface area contributed by atoms with E-state index in [2.05, 4.69) is 4.74 Å². The first-order chi connectivity index (χ1) is 7.44. The van der Waals surface area contributed by atoms with E-state index >= 15 is 0 Å². The van der Waals surface area contributed by atoms with Gasteiger partial charge in [-0.2, -0.15) is 0 Å². The molecule has 17 heavy (non-hydrogen) atoms. The van der Waals surface area contributed by atoms with Crippen LogP contribution in [0.4, 0.5) is 0 Å². The van der Waals surface area contributed by atoms with Gasteiger partial charge < -0.3 is 15.3 Å². The monoisotopic (exact) mass is 245 g/mol. The van der Waals surface area contributed by atoms with Crippen molar-refractivity contribution in [1.29, 1.82) is 0 Å². The van der Waals surface area contributed by atoms with Crippen molar-refractivity contribution in [2.24, 2.45) is 16.6 Å². The van der Waals surface area contributed by atoms with Gasteiger partial charge >= 0.3 is 5.97 Å². The van der Waals surface area contributed by atoms with Crippen molar-refractivity contribution in [3.8, 4) is 0 Å². The Morgan fingerprint density at radius 3 is 1.76 bits per heavy atom. The molecule has 102 valence electrons. The minimum Gasteiger partial charge on any atom is -0.469 e. The number of hydrogen-bond donors (Lipinski definition) is 1. The predicted molar refractivity (Wildman–Crippen MR) is 69.6 cm³/mol. The molecule has 0 aliphatic rings. The van der Waals surface area contributed by atoms with Crippen LogP contribution in [0.25, 0.3) is 0 Å². The number of ether oxygens (including phenoxy) is 1. The van der Waals surface area contributed by atoms with Crippen LogP contribution < -0.4 is 5.73 Å². The summed E-state index contributed by atoms with van der Waals surface area (Å²) in [5, 5.41) is 0. The van der Waals surface area contributed by atoms with Crippen LogP contribution in [0.5, 0.6) is 0 Å². The summed E-state index contributed by atoms with van der Waals surface area (Å²) in [5.41, 5.74) is 5.55. The molecule has 1 atom stereocenters. The van der Waals surface area contributed by atoms with Crippen LogP contribution in [0, 0.1) is 10.8 Å². The summed E-state index contributed by atoms with van der Waals surface area (Å²) in [7, 11) is 1.37. The zero-order chi connectivity index (χ0) is 14.3. The van der Waals surface area contributed by atoms with Crippen LogP contribution in [0.3, 0.4) is 0 Å². The van der Waals surface area contributed by atoms with Crippen molar-refractivity contribution < 1.29 is 14.3 Å². The maximum atomic E-state index is 10.8. The van der Waals surface area contributed by atoms with Gasteiger partial charge in [-0.05, 0) is 5.41 Å². The molecule has 0 saturated carbocycles. The van der Waals surface area contributed by atoms with E-state index in [-0.39, 0.29) is 22.8 Å². The normalized spacial score (nSPS) is 13.2. The van der Waals surface area contributed by atoms with Gasteiger partial charge in [-0.1, -0.05) is 41.5 Å². The molecule has 0 heterocycles. The van der Waals surface area contributed by atoms with Gasteiger partial charge in [0, 0.05) is 11.5 Å². The lowest BCUT2D eigenvalue weighted by Crippen LogP contribution is -2.37. The number of rotatable bonds is 2. The SMILES string of the molecule is CC(C)(C)C=O.COC(=O)CC(N)C(C)(C)C. The highest BCUT2D eigenvalue weighted by molar-refractivity contribution is 5.70. The van der Waals surface area contributed by atoms with Gasteiger partial charge in [-0.25, -0.2) is 0 Å². The van der Waals surface area contributed by atoms with E-state index in [1.165, 1.54) is 7.11 Å². The molecule has 0 bridgehead atoms. The highest BCUT2D eigenvalue weighted by Crippen LogP contribution is 2.19. The van der Waals surface area contributed by atoms with Crippen molar-refractivity contribution in [2.45, 2.75) is 54.0 Å². The van der Waals surface area contributed by atoms with Crippen molar-refractivity contribution in [3.05, 3.63) is 0 Å². The summed E-state index contributed by atoms with van der Waals surface area (Å²) >= 11 is 0. The molecule has 0 amide bonds. The van der Waals surface area contributed by atoms with Crippen molar-refractivity contribution >= 4 is 12.3 Å². The minimum absolute atomic E-state index is 0.0335. The van der Waals surface area contributed by atoms with Crippen LogP contribution >= 0.6 is 0 Å². The third kappa shape index (κ3) is 13.0. The van der Waals surface area contributed by atoms with Crippen LogP contribution in [-0.4, -0.2) is 25.4 Å². The van der Waals surface area contributed by atoms with Gasteiger partial charge in [0.25, 0.3) is 0 Å². The van der Waals surface area contributed by atoms with E-state index in [4.69, 9.17) is 5.73 Å². The van der Waals surface area contributed by atoms with Crippen LogP contribution in [-0.2, 0) is 14.3 Å². The quantitative estimate of drug-likeness (QED) is 0.598. The molecule has 0 radical (unpaired) electrons. The molecular formula is C13H27NO3. The number of aldehydes is 1. The molecule has 0 rings (SSSR count). The van der Waals surface area contributed by atoms with E-state index in [0.717, 1.165) is 6.29 Å². The topological polar surface area (TPSA) is 69.4 Å². The van der Waals surface area contributed by atoms with E-state index < -0.39 is 0 Å². The number of nitrogens with two attached hydrogens (primary N) is 1. The zero-order valence-corrected chi connectivity index (χ0v) is 12.2. The zero-order valence-electron chi connectivity index (χ0n) is 12.2. The number of esters is 1. The molecule has 0 saturated heterocycles. The molecule has 4 heteroatoms. The Hall–Kier alpha value is -0.900. The largest absolute Gasteiger partial charge is 0.469 e. The molecule has 0 spiro atoms. The average Bonchev–Trinajstić information content (AvgIpc) is 2.16. The van der Waals surface area contributed by atoms with E-state index in [1.807, 2.05) is 41.5 Å². The summed E-state index contributed by atoms with van der Waals surface area (Å²) in [6.07, 6.45) is 1.23. The molecule has 4 nitrogen and oxygen atoms in total. The van der Waals surface area contributed by atoms with Gasteiger partial charge in [0.1, 0.15) is 6.29 Å². The summed E-state index contributed by atoms with van der Waals surface area (Å²) in [6.45, 7) is 11.6. The standard InChI is InChI=1S/C8H17NO2.C5H10O/c1-8(2,3)6(9)5-7(10)11-4;1-5(2,3)4-6/h6H,5,9H2,1-4H3;4H,1-3H3. The lowest BCUT2D eigenvalue weighted by atomic mass is 9.85. The second-order valence-corrected chi connectivity index (χ2v) is 6.24. The Labute approximate surface area is 105 Å². The average molecular weight is 245 g/mol. The van der Waals surface area contributed by atoms with Gasteiger partial charge in [0.05, 0.1) is 13.5 Å². The number of hydrogen-bond acceptors (Lipinski definition) is 4. The lowest BCUT2D eigenvalue weighted by Gasteiger charge is -2.25. The fraction of sp³-hybridized carbons (Fsp3) is 0.846. The van der Waals surface area contributed by atoms with Gasteiger partial charge in [-0.3, -0.25) is 4.79 Å². The molecule has 0 aromatic heterocycles. The lowest BCUT2D eigenvalue weighted by molar-refractivity contribution is -0.141. The molecule has 1 unspecified atom stereocenters. The van der Waals surface area contributed by atoms with Crippen molar-refractivity contribution in [1.82, 2.24) is 0 Å². The Morgan fingerprint density at radius 2 is 1.59 bits per heavy atom. The Kier molecular flexibility index (Phi) is 8.07. The van der Waals surface area contributed by atoms with E-state index in [9.17, 15) is 9.59 Å². The minimum atomic E-state index is -0.243. The smallest absolute Gasteiger partial charge is 0.307 e. The Balaban J connectivity index is 0. The van der Waals surface area contributed by atoms with Crippen LogP contribution in [0.15, 0.2) is 0 Å². The molecular weight excluding hydrogens is 218 g/mol. The van der Waals surface area contributed by atoms with Gasteiger partial charge in [0.2, 0.25) is 0 Å². The van der Waals surface area contributed by atoms with Gasteiger partial charge in [-0.15, -0.1) is 0 Å². The predicted octanol–water partition coefficient (Wildman–Crippen LogP) is 2.15. The Morgan fingerprint density at radius 1 is 1.24 bits per heavy atom. The third-order valence-electron chi connectivity index (χ3n) is 2.08. The summed E-state index contributed by atoms with van der Waals surface area (Å²) < 4.78 is 4.50.